The van der Waals surface area contributed by atoms with Crippen molar-refractivity contribution in [1.29, 1.82) is 0 Å². The molecule has 8 heteroatoms. The van der Waals surface area contributed by atoms with E-state index in [1.807, 2.05) is 0 Å². The summed E-state index contributed by atoms with van der Waals surface area (Å²) in [7, 11) is 0. The van der Waals surface area contributed by atoms with Crippen molar-refractivity contribution in [3.05, 3.63) is 27.1 Å². The third-order valence-corrected chi connectivity index (χ3v) is 4.14. The number of piperidine rings is 1. The van der Waals surface area contributed by atoms with Gasteiger partial charge >= 0.3 is 11.0 Å². The minimum Gasteiger partial charge on any atom is -0.481 e. The summed E-state index contributed by atoms with van der Waals surface area (Å²) < 4.78 is 0. The molecule has 19 heavy (non-hydrogen) atoms. The molecule has 7 nitrogen and oxygen atoms in total. The van der Waals surface area contributed by atoms with Crippen molar-refractivity contribution >= 4 is 28.2 Å². The number of aliphatic carboxylic acids is 1. The van der Waals surface area contributed by atoms with Crippen LogP contribution in [0.15, 0.2) is 12.1 Å². The van der Waals surface area contributed by atoms with E-state index in [1.54, 1.807) is 4.90 Å². The number of hydrogen-bond acceptors (Lipinski definition) is 5. The molecule has 1 N–H and O–H groups in total. The number of amides is 1. The van der Waals surface area contributed by atoms with Crippen LogP contribution in [0.5, 0.6) is 0 Å². The minimum absolute atomic E-state index is 0.0660. The van der Waals surface area contributed by atoms with Crippen molar-refractivity contribution in [2.24, 2.45) is 5.92 Å². The maximum absolute atomic E-state index is 12.1. The smallest absolute Gasteiger partial charge is 0.324 e. The summed E-state index contributed by atoms with van der Waals surface area (Å²) in [6.07, 6.45) is 0.850. The Bertz CT molecular complexity index is 519. The van der Waals surface area contributed by atoms with Gasteiger partial charge in [-0.05, 0) is 18.9 Å². The van der Waals surface area contributed by atoms with Gasteiger partial charge < -0.3 is 10.0 Å². The summed E-state index contributed by atoms with van der Waals surface area (Å²) in [4.78, 5) is 34.8. The molecular formula is C11H12N2O5S. The van der Waals surface area contributed by atoms with E-state index in [9.17, 15) is 19.7 Å². The van der Waals surface area contributed by atoms with E-state index in [-0.39, 0.29) is 10.9 Å². The molecule has 1 amide bonds. The molecule has 2 rings (SSSR count). The lowest BCUT2D eigenvalue weighted by Gasteiger charge is -2.29. The Kier molecular flexibility index (Phi) is 3.79. The fourth-order valence-electron chi connectivity index (χ4n) is 2.03. The number of carbonyl (C=O) groups is 2. The van der Waals surface area contributed by atoms with Gasteiger partial charge in [0.1, 0.15) is 0 Å². The third-order valence-electron chi connectivity index (χ3n) is 3.11. The molecule has 0 aliphatic carbocycles. The number of nitro groups is 1. The van der Waals surface area contributed by atoms with E-state index in [0.29, 0.717) is 30.8 Å². The molecule has 1 saturated heterocycles. The maximum Gasteiger partial charge on any atom is 0.324 e. The number of rotatable bonds is 3. The lowest BCUT2D eigenvalue weighted by molar-refractivity contribution is -0.380. The summed E-state index contributed by atoms with van der Waals surface area (Å²) in [6.45, 7) is 0.753. The van der Waals surface area contributed by atoms with E-state index in [1.165, 1.54) is 12.1 Å². The van der Waals surface area contributed by atoms with Crippen LogP contribution < -0.4 is 0 Å². The van der Waals surface area contributed by atoms with E-state index < -0.39 is 16.8 Å². The third kappa shape index (κ3) is 2.90. The van der Waals surface area contributed by atoms with Gasteiger partial charge in [-0.25, -0.2) is 0 Å². The van der Waals surface area contributed by atoms with Gasteiger partial charge in [-0.1, -0.05) is 11.3 Å². The predicted molar refractivity (Wildman–Crippen MR) is 67.2 cm³/mol. The molecule has 0 saturated carbocycles. The van der Waals surface area contributed by atoms with Crippen LogP contribution in [0.25, 0.3) is 0 Å². The summed E-state index contributed by atoms with van der Waals surface area (Å²) in [6, 6.07) is 2.75. The molecule has 0 radical (unpaired) electrons. The molecule has 1 aromatic heterocycles. The lowest BCUT2D eigenvalue weighted by atomic mass is 9.97. The molecule has 0 aromatic carbocycles. The lowest BCUT2D eigenvalue weighted by Crippen LogP contribution is -2.39. The summed E-state index contributed by atoms with van der Waals surface area (Å²) >= 11 is 0.843. The number of hydrogen-bond donors (Lipinski definition) is 1. The van der Waals surface area contributed by atoms with Crippen molar-refractivity contribution in [2.45, 2.75) is 12.8 Å². The maximum atomic E-state index is 12.1. The van der Waals surface area contributed by atoms with Crippen LogP contribution in [0.4, 0.5) is 5.00 Å². The quantitative estimate of drug-likeness (QED) is 0.671. The molecular weight excluding hydrogens is 272 g/mol. The van der Waals surface area contributed by atoms with E-state index >= 15 is 0 Å². The van der Waals surface area contributed by atoms with Crippen LogP contribution in [0.1, 0.15) is 22.5 Å². The molecule has 0 unspecified atom stereocenters. The summed E-state index contributed by atoms with van der Waals surface area (Å²) in [5.74, 6) is -1.50. The van der Waals surface area contributed by atoms with Gasteiger partial charge in [0.15, 0.2) is 0 Å². The van der Waals surface area contributed by atoms with Crippen LogP contribution in [-0.2, 0) is 4.79 Å². The Morgan fingerprint density at radius 3 is 2.47 bits per heavy atom. The highest BCUT2D eigenvalue weighted by Crippen LogP contribution is 2.26. The summed E-state index contributed by atoms with van der Waals surface area (Å²) in [5.41, 5.74) is 0. The number of carbonyl (C=O) groups excluding carboxylic acids is 1. The molecule has 1 aliphatic heterocycles. The number of carboxylic acid groups (broad SMARTS) is 1. The standard InChI is InChI=1S/C11H12N2O5S/c14-10(8-1-2-9(19-8)13(17)18)12-5-3-7(4-6-12)11(15)16/h1-2,7H,3-6H2,(H,15,16). The number of carboxylic acids is 1. The Labute approximate surface area is 112 Å². The van der Waals surface area contributed by atoms with Gasteiger partial charge in [-0.2, -0.15) is 0 Å². The Hall–Kier alpha value is -1.96. The van der Waals surface area contributed by atoms with Crippen molar-refractivity contribution in [1.82, 2.24) is 4.90 Å². The Morgan fingerprint density at radius 2 is 2.00 bits per heavy atom. The van der Waals surface area contributed by atoms with Crippen molar-refractivity contribution < 1.29 is 19.6 Å². The Balaban J connectivity index is 2.01. The Morgan fingerprint density at radius 1 is 1.37 bits per heavy atom. The van der Waals surface area contributed by atoms with Crippen LogP contribution in [0, 0.1) is 16.0 Å². The van der Waals surface area contributed by atoms with E-state index in [0.717, 1.165) is 11.3 Å². The van der Waals surface area contributed by atoms with Crippen LogP contribution in [0.2, 0.25) is 0 Å². The monoisotopic (exact) mass is 284 g/mol. The molecule has 0 bridgehead atoms. The van der Waals surface area contributed by atoms with Gasteiger partial charge in [-0.15, -0.1) is 0 Å². The SMILES string of the molecule is O=C(O)C1CCN(C(=O)c2ccc([N+](=O)[O-])s2)CC1. The molecule has 0 atom stereocenters. The minimum atomic E-state index is -0.834. The fourth-order valence-corrected chi connectivity index (χ4v) is 2.81. The second kappa shape index (κ2) is 5.35. The van der Waals surface area contributed by atoms with Gasteiger partial charge in [0.25, 0.3) is 5.91 Å². The average molecular weight is 284 g/mol. The van der Waals surface area contributed by atoms with Gasteiger partial charge in [0, 0.05) is 19.2 Å². The second-order valence-electron chi connectivity index (χ2n) is 4.30. The number of nitrogens with zero attached hydrogens (tertiary/aromatic N) is 2. The summed E-state index contributed by atoms with van der Waals surface area (Å²) in [5, 5.41) is 19.4. The fraction of sp³-hybridized carbons (Fsp3) is 0.455. The first-order valence-corrected chi connectivity index (χ1v) is 6.57. The number of thiophene rings is 1. The average Bonchev–Trinajstić information content (AvgIpc) is 2.87. The first kappa shape index (κ1) is 13.5. The highest BCUT2D eigenvalue weighted by molar-refractivity contribution is 7.17. The predicted octanol–water partition coefficient (Wildman–Crippen LogP) is 1.59. The van der Waals surface area contributed by atoms with Gasteiger partial charge in [-0.3, -0.25) is 19.7 Å². The zero-order valence-corrected chi connectivity index (χ0v) is 10.8. The molecule has 1 aromatic rings. The second-order valence-corrected chi connectivity index (χ2v) is 5.36. The van der Waals surface area contributed by atoms with Gasteiger partial charge in [0.05, 0.1) is 15.7 Å². The van der Waals surface area contributed by atoms with Crippen LogP contribution >= 0.6 is 11.3 Å². The van der Waals surface area contributed by atoms with E-state index in [4.69, 9.17) is 5.11 Å². The highest BCUT2D eigenvalue weighted by atomic mass is 32.1. The zero-order valence-electron chi connectivity index (χ0n) is 9.94. The molecule has 0 spiro atoms. The molecule has 1 fully saturated rings. The van der Waals surface area contributed by atoms with E-state index in [2.05, 4.69) is 0 Å². The molecule has 102 valence electrons. The highest BCUT2D eigenvalue weighted by Gasteiger charge is 2.28. The first-order chi connectivity index (χ1) is 8.99. The first-order valence-electron chi connectivity index (χ1n) is 5.75. The number of likely N-dealkylation sites (tertiary alicyclic amines) is 1. The van der Waals surface area contributed by atoms with Crippen molar-refractivity contribution in [3.8, 4) is 0 Å². The molecule has 1 aliphatic rings. The van der Waals surface area contributed by atoms with Crippen LogP contribution in [0.3, 0.4) is 0 Å². The van der Waals surface area contributed by atoms with Crippen LogP contribution in [-0.4, -0.2) is 39.9 Å². The van der Waals surface area contributed by atoms with Crippen molar-refractivity contribution in [3.63, 3.8) is 0 Å². The van der Waals surface area contributed by atoms with Gasteiger partial charge in [0.2, 0.25) is 0 Å². The normalized spacial score (nSPS) is 16.3. The van der Waals surface area contributed by atoms with Crippen molar-refractivity contribution in [2.75, 3.05) is 13.1 Å². The molecule has 2 heterocycles. The topological polar surface area (TPSA) is 101 Å². The zero-order chi connectivity index (χ0) is 14.0. The largest absolute Gasteiger partial charge is 0.481 e.